The van der Waals surface area contributed by atoms with E-state index in [1.807, 2.05) is 10.6 Å². The van der Waals surface area contributed by atoms with E-state index in [9.17, 15) is 0 Å². The van der Waals surface area contributed by atoms with Gasteiger partial charge in [-0.25, -0.2) is 4.98 Å². The summed E-state index contributed by atoms with van der Waals surface area (Å²) in [6, 6.07) is 0. The van der Waals surface area contributed by atoms with E-state index in [0.717, 1.165) is 30.9 Å². The summed E-state index contributed by atoms with van der Waals surface area (Å²) in [5.41, 5.74) is 0.768. The highest BCUT2D eigenvalue weighted by atomic mass is 35.5. The maximum absolute atomic E-state index is 5.93. The number of rotatable bonds is 3. The minimum atomic E-state index is 0.364. The van der Waals surface area contributed by atoms with E-state index >= 15 is 0 Å². The summed E-state index contributed by atoms with van der Waals surface area (Å²) in [6.07, 6.45) is 7.41. The zero-order valence-corrected chi connectivity index (χ0v) is 9.43. The highest BCUT2D eigenvalue weighted by Crippen LogP contribution is 2.31. The van der Waals surface area contributed by atoms with Crippen LogP contribution in [-0.2, 0) is 0 Å². The highest BCUT2D eigenvalue weighted by Gasteiger charge is 2.26. The molecule has 0 aromatic carbocycles. The number of fused-ring (bicyclic) bond motifs is 1. The molecule has 0 bridgehead atoms. The van der Waals surface area contributed by atoms with E-state index in [1.54, 1.807) is 12.5 Å². The van der Waals surface area contributed by atoms with Crippen molar-refractivity contribution in [3.63, 3.8) is 0 Å². The second kappa shape index (κ2) is 3.90. The topological polar surface area (TPSA) is 55.1 Å². The Bertz CT molecular complexity index is 491. The van der Waals surface area contributed by atoms with Crippen LogP contribution in [0.1, 0.15) is 12.8 Å². The van der Waals surface area contributed by atoms with Crippen molar-refractivity contribution >= 4 is 23.1 Å². The third-order valence-electron chi connectivity index (χ3n) is 2.95. The number of nitrogens with zero attached hydrogens (tertiary/aromatic N) is 4. The molecule has 0 aliphatic heterocycles. The first-order valence-electron chi connectivity index (χ1n) is 5.35. The van der Waals surface area contributed by atoms with Gasteiger partial charge >= 0.3 is 0 Å². The Labute approximate surface area is 97.8 Å². The van der Waals surface area contributed by atoms with Gasteiger partial charge in [0, 0.05) is 24.3 Å². The number of halogens is 1. The quantitative estimate of drug-likeness (QED) is 0.823. The van der Waals surface area contributed by atoms with Crippen LogP contribution in [0.2, 0.25) is 0 Å². The minimum absolute atomic E-state index is 0.364. The summed E-state index contributed by atoms with van der Waals surface area (Å²) in [5, 5.41) is 11.5. The monoisotopic (exact) mass is 237 g/mol. The lowest BCUT2D eigenvalue weighted by molar-refractivity contribution is 0.341. The lowest BCUT2D eigenvalue weighted by Crippen LogP contribution is -2.30. The summed E-state index contributed by atoms with van der Waals surface area (Å²) in [6.45, 7) is 0.906. The summed E-state index contributed by atoms with van der Waals surface area (Å²) in [7, 11) is 0. The molecule has 16 heavy (non-hydrogen) atoms. The molecule has 1 saturated carbocycles. The van der Waals surface area contributed by atoms with Crippen molar-refractivity contribution in [3.05, 3.63) is 18.7 Å². The van der Waals surface area contributed by atoms with Crippen LogP contribution in [0.15, 0.2) is 18.7 Å². The lowest BCUT2D eigenvalue weighted by Gasteiger charge is -2.30. The predicted molar refractivity (Wildman–Crippen MR) is 61.6 cm³/mol. The van der Waals surface area contributed by atoms with Gasteiger partial charge in [-0.1, -0.05) is 0 Å². The molecule has 2 aromatic heterocycles. The van der Waals surface area contributed by atoms with Crippen LogP contribution in [-0.4, -0.2) is 31.5 Å². The average molecular weight is 238 g/mol. The van der Waals surface area contributed by atoms with Gasteiger partial charge in [0.2, 0.25) is 5.65 Å². The number of hydrogen-bond donors (Lipinski definition) is 1. The number of hydrogen-bond acceptors (Lipinski definition) is 4. The average Bonchev–Trinajstić information content (AvgIpc) is 2.71. The highest BCUT2D eigenvalue weighted by molar-refractivity contribution is 6.21. The van der Waals surface area contributed by atoms with Gasteiger partial charge in [0.25, 0.3) is 0 Å². The molecule has 84 valence electrons. The Hall–Kier alpha value is -1.36. The van der Waals surface area contributed by atoms with Gasteiger partial charge in [0.1, 0.15) is 6.33 Å². The normalized spacial score (nSPS) is 24.3. The largest absolute Gasteiger partial charge is 0.367 e. The van der Waals surface area contributed by atoms with E-state index in [-0.39, 0.29) is 0 Å². The van der Waals surface area contributed by atoms with Gasteiger partial charge in [-0.3, -0.25) is 4.40 Å². The molecule has 0 saturated heterocycles. The zero-order chi connectivity index (χ0) is 11.0. The maximum Gasteiger partial charge on any atom is 0.203 e. The van der Waals surface area contributed by atoms with Gasteiger partial charge in [-0.15, -0.1) is 21.8 Å². The first-order chi connectivity index (χ1) is 7.83. The molecule has 2 heterocycles. The second-order valence-electron chi connectivity index (χ2n) is 4.15. The summed E-state index contributed by atoms with van der Waals surface area (Å²) in [5.74, 6) is 1.45. The van der Waals surface area contributed by atoms with Gasteiger partial charge in [-0.2, -0.15) is 0 Å². The van der Waals surface area contributed by atoms with Crippen LogP contribution in [0, 0.1) is 5.92 Å². The Morgan fingerprint density at radius 2 is 2.38 bits per heavy atom. The van der Waals surface area contributed by atoms with Gasteiger partial charge in [0.05, 0.1) is 0 Å². The molecular formula is C10H12ClN5. The van der Waals surface area contributed by atoms with Crippen LogP contribution in [0.5, 0.6) is 0 Å². The summed E-state index contributed by atoms with van der Waals surface area (Å²) in [4.78, 5) is 4.26. The molecule has 0 amide bonds. The molecule has 0 spiro atoms. The van der Waals surface area contributed by atoms with Crippen molar-refractivity contribution in [2.75, 3.05) is 11.9 Å². The number of anilines is 1. The molecule has 0 unspecified atom stereocenters. The maximum atomic E-state index is 5.93. The van der Waals surface area contributed by atoms with E-state index in [1.165, 1.54) is 0 Å². The summed E-state index contributed by atoms with van der Waals surface area (Å²) >= 11 is 5.93. The van der Waals surface area contributed by atoms with E-state index in [2.05, 4.69) is 20.5 Å². The Morgan fingerprint density at radius 1 is 1.50 bits per heavy atom. The molecular weight excluding hydrogens is 226 g/mol. The fraction of sp³-hybridized carbons (Fsp3) is 0.500. The standard InChI is InChI=1S/C10H12ClN5/c11-8-3-7(4-8)5-13-9-10-15-14-6-16(10)2-1-12-9/h1-2,6-8H,3-5H2,(H,12,13). The Kier molecular flexibility index (Phi) is 2.40. The predicted octanol–water partition coefficient (Wildman–Crippen LogP) is 1.55. The number of nitrogens with one attached hydrogen (secondary N) is 1. The SMILES string of the molecule is ClC1CC(CNc2nccn3cnnc23)C1. The van der Waals surface area contributed by atoms with Gasteiger partial charge in [0.15, 0.2) is 5.82 Å². The number of aromatic nitrogens is 4. The van der Waals surface area contributed by atoms with Gasteiger partial charge < -0.3 is 5.32 Å². The molecule has 5 nitrogen and oxygen atoms in total. The minimum Gasteiger partial charge on any atom is -0.367 e. The molecule has 1 N–H and O–H groups in total. The molecule has 1 aliphatic carbocycles. The number of alkyl halides is 1. The molecule has 1 aliphatic rings. The van der Waals surface area contributed by atoms with E-state index in [4.69, 9.17) is 11.6 Å². The second-order valence-corrected chi connectivity index (χ2v) is 4.77. The van der Waals surface area contributed by atoms with Crippen molar-refractivity contribution in [2.24, 2.45) is 5.92 Å². The van der Waals surface area contributed by atoms with Crippen molar-refractivity contribution in [1.29, 1.82) is 0 Å². The lowest BCUT2D eigenvalue weighted by atomic mass is 9.85. The van der Waals surface area contributed by atoms with Crippen molar-refractivity contribution in [2.45, 2.75) is 18.2 Å². The first kappa shape index (κ1) is 9.84. The summed E-state index contributed by atoms with van der Waals surface area (Å²) < 4.78 is 1.85. The molecule has 6 heteroatoms. The Balaban J connectivity index is 1.71. The van der Waals surface area contributed by atoms with Crippen LogP contribution in [0.25, 0.3) is 5.65 Å². The fourth-order valence-electron chi connectivity index (χ4n) is 1.95. The zero-order valence-electron chi connectivity index (χ0n) is 8.67. The van der Waals surface area contributed by atoms with Crippen LogP contribution >= 0.6 is 11.6 Å². The third-order valence-corrected chi connectivity index (χ3v) is 3.31. The van der Waals surface area contributed by atoms with Crippen LogP contribution in [0.3, 0.4) is 0 Å². The molecule has 1 fully saturated rings. The van der Waals surface area contributed by atoms with Crippen LogP contribution in [0.4, 0.5) is 5.82 Å². The molecule has 0 atom stereocenters. The fourth-order valence-corrected chi connectivity index (χ4v) is 2.45. The van der Waals surface area contributed by atoms with E-state index < -0.39 is 0 Å². The molecule has 2 aromatic rings. The Morgan fingerprint density at radius 3 is 3.19 bits per heavy atom. The van der Waals surface area contributed by atoms with Crippen molar-refractivity contribution in [3.8, 4) is 0 Å². The van der Waals surface area contributed by atoms with E-state index in [0.29, 0.717) is 11.3 Å². The smallest absolute Gasteiger partial charge is 0.203 e. The van der Waals surface area contributed by atoms with Crippen molar-refractivity contribution < 1.29 is 0 Å². The molecule has 0 radical (unpaired) electrons. The molecule has 3 rings (SSSR count). The first-order valence-corrected chi connectivity index (χ1v) is 5.79. The van der Waals surface area contributed by atoms with Crippen LogP contribution < -0.4 is 5.32 Å². The van der Waals surface area contributed by atoms with Gasteiger partial charge in [-0.05, 0) is 18.8 Å². The van der Waals surface area contributed by atoms with Crippen molar-refractivity contribution in [1.82, 2.24) is 19.6 Å². The third kappa shape index (κ3) is 1.71.